The van der Waals surface area contributed by atoms with Crippen molar-refractivity contribution in [1.82, 2.24) is 0 Å². The highest BCUT2D eigenvalue weighted by atomic mass is 19.4. The van der Waals surface area contributed by atoms with Crippen molar-refractivity contribution in [1.29, 1.82) is 5.41 Å². The fourth-order valence-corrected chi connectivity index (χ4v) is 0.850. The topological polar surface area (TPSA) is 23.9 Å². The molecule has 1 rings (SSSR count). The van der Waals surface area contributed by atoms with Crippen LogP contribution in [0.15, 0.2) is 18.2 Å². The maximum Gasteiger partial charge on any atom is 0.419 e. The van der Waals surface area contributed by atoms with Crippen molar-refractivity contribution in [3.05, 3.63) is 35.1 Å². The van der Waals surface area contributed by atoms with Gasteiger partial charge < -0.3 is 5.41 Å². The molecule has 1 N–H and O–H groups in total. The molecule has 0 aliphatic rings. The van der Waals surface area contributed by atoms with Gasteiger partial charge in [-0.1, -0.05) is 6.07 Å². The van der Waals surface area contributed by atoms with Gasteiger partial charge in [0.25, 0.3) is 0 Å². The number of rotatable bonds is 1. The Bertz CT molecular complexity index is 329. The Kier molecular flexibility index (Phi) is 2.36. The zero-order valence-corrected chi connectivity index (χ0v) is 6.32. The van der Waals surface area contributed by atoms with Crippen molar-refractivity contribution in [3.8, 4) is 0 Å². The summed E-state index contributed by atoms with van der Waals surface area (Å²) in [5.41, 5.74) is -1.32. The van der Waals surface area contributed by atoms with Crippen LogP contribution in [-0.4, -0.2) is 6.21 Å². The third-order valence-corrected chi connectivity index (χ3v) is 1.46. The molecule has 0 bridgehead atoms. The minimum Gasteiger partial charge on any atom is -0.308 e. The number of nitrogens with one attached hydrogen (secondary N) is 1. The van der Waals surface area contributed by atoms with Crippen LogP contribution in [0.4, 0.5) is 17.6 Å². The second-order valence-corrected chi connectivity index (χ2v) is 2.38. The molecule has 0 aromatic heterocycles. The van der Waals surface area contributed by atoms with E-state index < -0.39 is 17.6 Å². The van der Waals surface area contributed by atoms with E-state index in [0.29, 0.717) is 12.1 Å². The first-order chi connectivity index (χ1) is 5.95. The van der Waals surface area contributed by atoms with E-state index in [1.807, 2.05) is 0 Å². The molecule has 1 aromatic carbocycles. The lowest BCUT2D eigenvalue weighted by molar-refractivity contribution is -0.140. The Hall–Kier alpha value is -1.39. The third kappa shape index (κ3) is 2.05. The van der Waals surface area contributed by atoms with Crippen LogP contribution in [0.5, 0.6) is 0 Å². The molecule has 0 atom stereocenters. The molecule has 0 aliphatic heterocycles. The van der Waals surface area contributed by atoms with Crippen LogP contribution in [0.25, 0.3) is 0 Å². The van der Waals surface area contributed by atoms with E-state index in [1.54, 1.807) is 0 Å². The maximum atomic E-state index is 12.6. The van der Waals surface area contributed by atoms with Crippen molar-refractivity contribution in [2.45, 2.75) is 6.18 Å². The van der Waals surface area contributed by atoms with Gasteiger partial charge in [0.1, 0.15) is 5.82 Å². The van der Waals surface area contributed by atoms with Crippen LogP contribution in [0, 0.1) is 11.2 Å². The summed E-state index contributed by atoms with van der Waals surface area (Å²) >= 11 is 0. The summed E-state index contributed by atoms with van der Waals surface area (Å²) in [6.07, 6.45) is -3.97. The average molecular weight is 191 g/mol. The van der Waals surface area contributed by atoms with E-state index in [2.05, 4.69) is 0 Å². The lowest BCUT2D eigenvalue weighted by Crippen LogP contribution is -2.08. The summed E-state index contributed by atoms with van der Waals surface area (Å²) in [6, 6.07) is 2.41. The van der Waals surface area contributed by atoms with Crippen LogP contribution < -0.4 is 0 Å². The Balaban J connectivity index is 3.27. The Morgan fingerprint density at radius 2 is 1.85 bits per heavy atom. The van der Waals surface area contributed by atoms with Crippen LogP contribution in [0.2, 0.25) is 0 Å². The monoisotopic (exact) mass is 191 g/mol. The van der Waals surface area contributed by atoms with E-state index in [9.17, 15) is 17.6 Å². The number of halogens is 4. The van der Waals surface area contributed by atoms with Crippen molar-refractivity contribution >= 4 is 6.21 Å². The van der Waals surface area contributed by atoms with Gasteiger partial charge in [-0.3, -0.25) is 0 Å². The van der Waals surface area contributed by atoms with E-state index in [-0.39, 0.29) is 5.56 Å². The fraction of sp³-hybridized carbons (Fsp3) is 0.125. The van der Waals surface area contributed by atoms with Gasteiger partial charge >= 0.3 is 6.18 Å². The number of alkyl halides is 3. The molecule has 0 radical (unpaired) electrons. The summed E-state index contributed by atoms with van der Waals surface area (Å²) in [5, 5.41) is 6.70. The maximum absolute atomic E-state index is 12.6. The Morgan fingerprint density at radius 1 is 1.23 bits per heavy atom. The molecule has 0 heterocycles. The number of hydrogen-bond acceptors (Lipinski definition) is 1. The van der Waals surface area contributed by atoms with Gasteiger partial charge in [-0.25, -0.2) is 4.39 Å². The highest BCUT2D eigenvalue weighted by Crippen LogP contribution is 2.31. The highest BCUT2D eigenvalue weighted by molar-refractivity contribution is 5.77. The molecule has 0 amide bonds. The molecule has 1 nitrogen and oxygen atoms in total. The quantitative estimate of drug-likeness (QED) is 0.521. The predicted octanol–water partition coefficient (Wildman–Crippen LogP) is 2.84. The van der Waals surface area contributed by atoms with Gasteiger partial charge in [0.05, 0.1) is 5.56 Å². The number of hydrogen-bond donors (Lipinski definition) is 1. The van der Waals surface area contributed by atoms with Crippen LogP contribution >= 0.6 is 0 Å². The first kappa shape index (κ1) is 9.70. The van der Waals surface area contributed by atoms with E-state index in [0.717, 1.165) is 12.3 Å². The van der Waals surface area contributed by atoms with E-state index in [1.165, 1.54) is 0 Å². The van der Waals surface area contributed by atoms with Gasteiger partial charge in [0, 0.05) is 6.21 Å². The van der Waals surface area contributed by atoms with Crippen molar-refractivity contribution < 1.29 is 17.6 Å². The first-order valence-corrected chi connectivity index (χ1v) is 3.32. The van der Waals surface area contributed by atoms with Gasteiger partial charge in [0.2, 0.25) is 0 Å². The summed E-state index contributed by atoms with van der Waals surface area (Å²) in [7, 11) is 0. The minimum atomic E-state index is -4.71. The molecule has 13 heavy (non-hydrogen) atoms. The smallest absolute Gasteiger partial charge is 0.308 e. The third-order valence-electron chi connectivity index (χ3n) is 1.46. The largest absolute Gasteiger partial charge is 0.419 e. The van der Waals surface area contributed by atoms with Gasteiger partial charge in [-0.05, 0) is 17.7 Å². The summed E-state index contributed by atoms with van der Waals surface area (Å²) in [4.78, 5) is 0. The predicted molar refractivity (Wildman–Crippen MR) is 39.3 cm³/mol. The molecule has 5 heteroatoms. The van der Waals surface area contributed by atoms with Crippen molar-refractivity contribution in [2.24, 2.45) is 0 Å². The standard InChI is InChI=1S/C8H5F4N/c9-7-2-1-5(4-13)3-6(7)8(10,11)12/h1-4,13H. The SMILES string of the molecule is N=Cc1ccc(F)c(C(F)(F)F)c1. The summed E-state index contributed by atoms with van der Waals surface area (Å²) in [5.74, 6) is -1.32. The van der Waals surface area contributed by atoms with Crippen LogP contribution in [0.1, 0.15) is 11.1 Å². The molecule has 0 spiro atoms. The average Bonchev–Trinajstić information content (AvgIpc) is 2.03. The molecule has 70 valence electrons. The van der Waals surface area contributed by atoms with E-state index in [4.69, 9.17) is 5.41 Å². The molecular weight excluding hydrogens is 186 g/mol. The second-order valence-electron chi connectivity index (χ2n) is 2.38. The molecular formula is C8H5F4N. The molecule has 0 saturated heterocycles. The zero-order chi connectivity index (χ0) is 10.1. The van der Waals surface area contributed by atoms with Crippen LogP contribution in [-0.2, 0) is 6.18 Å². The molecule has 0 aliphatic carbocycles. The van der Waals surface area contributed by atoms with Gasteiger partial charge in [0.15, 0.2) is 0 Å². The zero-order valence-electron chi connectivity index (χ0n) is 6.32. The van der Waals surface area contributed by atoms with Crippen LogP contribution in [0.3, 0.4) is 0 Å². The second kappa shape index (κ2) is 3.16. The van der Waals surface area contributed by atoms with Gasteiger partial charge in [-0.2, -0.15) is 13.2 Å². The fourth-order valence-electron chi connectivity index (χ4n) is 0.850. The van der Waals surface area contributed by atoms with Crippen molar-refractivity contribution in [2.75, 3.05) is 0 Å². The molecule has 0 unspecified atom stereocenters. The number of benzene rings is 1. The lowest BCUT2D eigenvalue weighted by atomic mass is 10.1. The highest BCUT2D eigenvalue weighted by Gasteiger charge is 2.33. The van der Waals surface area contributed by atoms with E-state index >= 15 is 0 Å². The molecule has 1 aromatic rings. The lowest BCUT2D eigenvalue weighted by Gasteiger charge is -2.07. The normalized spacial score (nSPS) is 11.4. The minimum absolute atomic E-state index is 0.0220. The first-order valence-electron chi connectivity index (χ1n) is 3.32. The summed E-state index contributed by atoms with van der Waals surface area (Å²) in [6.45, 7) is 0. The summed E-state index contributed by atoms with van der Waals surface area (Å²) < 4.78 is 48.8. The van der Waals surface area contributed by atoms with Gasteiger partial charge in [-0.15, -0.1) is 0 Å². The van der Waals surface area contributed by atoms with Crippen molar-refractivity contribution in [3.63, 3.8) is 0 Å². The molecule has 0 saturated carbocycles. The Labute approximate surface area is 71.5 Å². The Morgan fingerprint density at radius 3 is 2.31 bits per heavy atom. The molecule has 0 fully saturated rings.